The molecule has 2 rings (SSSR count). The van der Waals surface area contributed by atoms with E-state index in [0.29, 0.717) is 11.6 Å². The summed E-state index contributed by atoms with van der Waals surface area (Å²) in [6.07, 6.45) is 0.999. The van der Waals surface area contributed by atoms with E-state index < -0.39 is 0 Å². The molecule has 0 aliphatic carbocycles. The van der Waals surface area contributed by atoms with E-state index in [1.165, 1.54) is 11.1 Å². The molecule has 0 saturated carbocycles. The molecular weight excluding hydrogens is 260 g/mol. The molecule has 0 aliphatic rings. The molecule has 2 aromatic rings. The molecule has 2 aromatic carbocycles. The lowest BCUT2D eigenvalue weighted by molar-refractivity contribution is 0.1000. The van der Waals surface area contributed by atoms with Crippen LogP contribution in [0.25, 0.3) is 0 Å². The molecule has 0 heterocycles. The topological polar surface area (TPSA) is 55.1 Å². The summed E-state index contributed by atoms with van der Waals surface area (Å²) >= 11 is 0. The van der Waals surface area contributed by atoms with E-state index in [1.807, 2.05) is 25.1 Å². The fourth-order valence-electron chi connectivity index (χ4n) is 2.37. The monoisotopic (exact) mass is 282 g/mol. The maximum absolute atomic E-state index is 11.1. The lowest BCUT2D eigenvalue weighted by Crippen LogP contribution is -2.27. The van der Waals surface area contributed by atoms with E-state index in [2.05, 4.69) is 36.5 Å². The molecule has 0 saturated heterocycles. The molecule has 3 nitrogen and oxygen atoms in total. The maximum Gasteiger partial charge on any atom is 0.248 e. The van der Waals surface area contributed by atoms with Crippen molar-refractivity contribution in [3.63, 3.8) is 0 Å². The zero-order valence-electron chi connectivity index (χ0n) is 12.6. The second-order valence-electron chi connectivity index (χ2n) is 5.48. The van der Waals surface area contributed by atoms with Gasteiger partial charge in [0.15, 0.2) is 0 Å². The van der Waals surface area contributed by atoms with E-state index in [9.17, 15) is 4.79 Å². The molecular formula is C18H22N2O. The molecule has 0 aliphatic heterocycles. The Hall–Kier alpha value is -2.13. The van der Waals surface area contributed by atoms with Gasteiger partial charge in [-0.3, -0.25) is 4.79 Å². The van der Waals surface area contributed by atoms with Crippen LogP contribution >= 0.6 is 0 Å². The van der Waals surface area contributed by atoms with E-state index in [-0.39, 0.29) is 5.91 Å². The Bertz CT molecular complexity index is 608. The van der Waals surface area contributed by atoms with Gasteiger partial charge in [0.1, 0.15) is 0 Å². The van der Waals surface area contributed by atoms with Crippen molar-refractivity contribution in [2.24, 2.45) is 5.73 Å². The Kier molecular flexibility index (Phi) is 5.12. The highest BCUT2D eigenvalue weighted by atomic mass is 16.1. The van der Waals surface area contributed by atoms with Crippen LogP contribution in [0.2, 0.25) is 0 Å². The molecule has 1 unspecified atom stereocenters. The molecule has 3 heteroatoms. The first-order valence-electron chi connectivity index (χ1n) is 7.23. The lowest BCUT2D eigenvalue weighted by atomic mass is 10.0. The third-order valence-electron chi connectivity index (χ3n) is 3.65. The quantitative estimate of drug-likeness (QED) is 0.856. The van der Waals surface area contributed by atoms with Gasteiger partial charge in [-0.15, -0.1) is 0 Å². The van der Waals surface area contributed by atoms with Crippen molar-refractivity contribution in [3.05, 3.63) is 70.8 Å². The number of carbonyl (C=O) groups is 1. The summed E-state index contributed by atoms with van der Waals surface area (Å²) in [5.41, 5.74) is 9.46. The summed E-state index contributed by atoms with van der Waals surface area (Å²) in [6, 6.07) is 16.4. The van der Waals surface area contributed by atoms with E-state index in [0.717, 1.165) is 18.5 Å². The standard InChI is InChI=1S/C18H22N2O/c1-13-10-16(18(19)21)8-9-17(13)12-20-14(2)11-15-6-4-3-5-7-15/h3-10,14,20H,11-12H2,1-2H3,(H2,19,21). The number of hydrogen-bond acceptors (Lipinski definition) is 2. The number of nitrogens with one attached hydrogen (secondary N) is 1. The Morgan fingerprint density at radius 1 is 1.19 bits per heavy atom. The number of rotatable bonds is 6. The van der Waals surface area contributed by atoms with Crippen LogP contribution in [0, 0.1) is 6.92 Å². The number of hydrogen-bond donors (Lipinski definition) is 2. The van der Waals surface area contributed by atoms with Crippen LogP contribution in [0.15, 0.2) is 48.5 Å². The number of carbonyl (C=O) groups excluding carboxylic acids is 1. The minimum absolute atomic E-state index is 0.380. The van der Waals surface area contributed by atoms with Gasteiger partial charge in [-0.05, 0) is 49.1 Å². The highest BCUT2D eigenvalue weighted by Gasteiger charge is 2.06. The van der Waals surface area contributed by atoms with Crippen LogP contribution in [0.1, 0.15) is 34.0 Å². The predicted molar refractivity (Wildman–Crippen MR) is 86.1 cm³/mol. The molecule has 0 spiro atoms. The van der Waals surface area contributed by atoms with Crippen LogP contribution < -0.4 is 11.1 Å². The first kappa shape index (κ1) is 15.3. The summed E-state index contributed by atoms with van der Waals surface area (Å²) in [4.78, 5) is 11.1. The zero-order valence-corrected chi connectivity index (χ0v) is 12.6. The third kappa shape index (κ3) is 4.43. The predicted octanol–water partition coefficient (Wildman–Crippen LogP) is 2.81. The molecule has 110 valence electrons. The van der Waals surface area contributed by atoms with Gasteiger partial charge in [0.2, 0.25) is 5.91 Å². The van der Waals surface area contributed by atoms with E-state index >= 15 is 0 Å². The molecule has 1 amide bonds. The maximum atomic E-state index is 11.1. The van der Waals surface area contributed by atoms with Crippen molar-refractivity contribution >= 4 is 5.91 Å². The summed E-state index contributed by atoms with van der Waals surface area (Å²) in [6.45, 7) is 4.98. The van der Waals surface area contributed by atoms with Gasteiger partial charge in [0.05, 0.1) is 0 Å². The van der Waals surface area contributed by atoms with Crippen LogP contribution in [0.3, 0.4) is 0 Å². The van der Waals surface area contributed by atoms with Crippen LogP contribution in [-0.4, -0.2) is 11.9 Å². The first-order valence-corrected chi connectivity index (χ1v) is 7.23. The SMILES string of the molecule is Cc1cc(C(N)=O)ccc1CNC(C)Cc1ccccc1. The fraction of sp³-hybridized carbons (Fsp3) is 0.278. The fourth-order valence-corrected chi connectivity index (χ4v) is 2.37. The average molecular weight is 282 g/mol. The van der Waals surface area contributed by atoms with Crippen molar-refractivity contribution in [2.75, 3.05) is 0 Å². The lowest BCUT2D eigenvalue weighted by Gasteiger charge is -2.15. The van der Waals surface area contributed by atoms with Gasteiger partial charge in [0.25, 0.3) is 0 Å². The third-order valence-corrected chi connectivity index (χ3v) is 3.65. The summed E-state index contributed by atoms with van der Waals surface area (Å²) in [7, 11) is 0. The Balaban J connectivity index is 1.92. The molecule has 21 heavy (non-hydrogen) atoms. The first-order chi connectivity index (χ1) is 10.1. The second kappa shape index (κ2) is 7.04. The van der Waals surface area contributed by atoms with Gasteiger partial charge < -0.3 is 11.1 Å². The van der Waals surface area contributed by atoms with Crippen molar-refractivity contribution < 1.29 is 4.79 Å². The molecule has 3 N–H and O–H groups in total. The number of amides is 1. The smallest absolute Gasteiger partial charge is 0.248 e. The summed E-state index contributed by atoms with van der Waals surface area (Å²) < 4.78 is 0. The highest BCUT2D eigenvalue weighted by Crippen LogP contribution is 2.11. The molecule has 0 bridgehead atoms. The van der Waals surface area contributed by atoms with Gasteiger partial charge >= 0.3 is 0 Å². The van der Waals surface area contributed by atoms with Gasteiger partial charge in [-0.1, -0.05) is 36.4 Å². The van der Waals surface area contributed by atoms with Gasteiger partial charge in [-0.25, -0.2) is 0 Å². The minimum Gasteiger partial charge on any atom is -0.366 e. The molecule has 0 aromatic heterocycles. The minimum atomic E-state index is -0.380. The molecule has 0 fully saturated rings. The Morgan fingerprint density at radius 3 is 2.52 bits per heavy atom. The van der Waals surface area contributed by atoms with Crippen LogP contribution in [0.4, 0.5) is 0 Å². The van der Waals surface area contributed by atoms with E-state index in [1.54, 1.807) is 6.07 Å². The van der Waals surface area contributed by atoms with Crippen LogP contribution in [0.5, 0.6) is 0 Å². The Labute approximate surface area is 126 Å². The Morgan fingerprint density at radius 2 is 1.90 bits per heavy atom. The molecule has 0 radical (unpaired) electrons. The summed E-state index contributed by atoms with van der Waals surface area (Å²) in [5.74, 6) is -0.380. The molecule has 1 atom stereocenters. The van der Waals surface area contributed by atoms with Crippen molar-refractivity contribution in [1.82, 2.24) is 5.32 Å². The number of benzene rings is 2. The zero-order chi connectivity index (χ0) is 15.2. The normalized spacial score (nSPS) is 12.1. The van der Waals surface area contributed by atoms with Crippen molar-refractivity contribution in [3.8, 4) is 0 Å². The van der Waals surface area contributed by atoms with Gasteiger partial charge in [-0.2, -0.15) is 0 Å². The van der Waals surface area contributed by atoms with Crippen molar-refractivity contribution in [1.29, 1.82) is 0 Å². The van der Waals surface area contributed by atoms with Crippen LogP contribution in [-0.2, 0) is 13.0 Å². The number of primary amides is 1. The highest BCUT2D eigenvalue weighted by molar-refractivity contribution is 5.93. The van der Waals surface area contributed by atoms with Crippen molar-refractivity contribution in [2.45, 2.75) is 32.9 Å². The van der Waals surface area contributed by atoms with E-state index in [4.69, 9.17) is 5.73 Å². The summed E-state index contributed by atoms with van der Waals surface area (Å²) in [5, 5.41) is 3.52. The van der Waals surface area contributed by atoms with Gasteiger partial charge in [0, 0.05) is 18.2 Å². The number of aryl methyl sites for hydroxylation is 1. The largest absolute Gasteiger partial charge is 0.366 e. The average Bonchev–Trinajstić information content (AvgIpc) is 2.47. The number of nitrogens with two attached hydrogens (primary N) is 1. The second-order valence-corrected chi connectivity index (χ2v) is 5.48.